The molecule has 0 spiro atoms. The number of phenols is 2. The molecule has 0 amide bonds. The van der Waals surface area contributed by atoms with E-state index < -0.39 is 0 Å². The fraction of sp³-hybridized carbons (Fsp3) is 0.250. The molecule has 26 heavy (non-hydrogen) atoms. The highest BCUT2D eigenvalue weighted by atomic mass is 16.3. The van der Waals surface area contributed by atoms with Crippen molar-refractivity contribution in [3.05, 3.63) is 72.3 Å². The molecule has 2 heteroatoms. The van der Waals surface area contributed by atoms with Gasteiger partial charge in [0.1, 0.15) is 11.5 Å². The zero-order valence-electron chi connectivity index (χ0n) is 15.3. The van der Waals surface area contributed by atoms with Gasteiger partial charge in [0.25, 0.3) is 0 Å². The first-order valence-electron chi connectivity index (χ1n) is 9.39. The standard InChI is InChI=1S/C24H26O2/c1-2-3-4-5-6-22-17-21(13-16-24(22)26)20-9-7-18(8-10-20)19-11-14-23(25)15-12-19/h7-17,25-26H,2-6H2,1H3. The van der Waals surface area contributed by atoms with E-state index in [4.69, 9.17) is 0 Å². The monoisotopic (exact) mass is 346 g/mol. The van der Waals surface area contributed by atoms with Gasteiger partial charge in [-0.3, -0.25) is 0 Å². The van der Waals surface area contributed by atoms with Gasteiger partial charge < -0.3 is 10.2 Å². The molecular weight excluding hydrogens is 320 g/mol. The highest BCUT2D eigenvalue weighted by molar-refractivity contribution is 5.71. The molecule has 0 bridgehead atoms. The lowest BCUT2D eigenvalue weighted by molar-refractivity contribution is 0.466. The van der Waals surface area contributed by atoms with Gasteiger partial charge in [-0.1, -0.05) is 68.7 Å². The van der Waals surface area contributed by atoms with Gasteiger partial charge in [0.2, 0.25) is 0 Å². The normalized spacial score (nSPS) is 10.8. The number of hydrogen-bond acceptors (Lipinski definition) is 2. The van der Waals surface area contributed by atoms with Crippen molar-refractivity contribution in [2.24, 2.45) is 0 Å². The lowest BCUT2D eigenvalue weighted by Crippen LogP contribution is -1.89. The molecule has 0 unspecified atom stereocenters. The van der Waals surface area contributed by atoms with Crippen LogP contribution in [0.15, 0.2) is 66.7 Å². The van der Waals surface area contributed by atoms with E-state index in [9.17, 15) is 10.2 Å². The fourth-order valence-corrected chi connectivity index (χ4v) is 3.22. The van der Waals surface area contributed by atoms with E-state index in [-0.39, 0.29) is 5.75 Å². The maximum atomic E-state index is 10.1. The molecule has 2 nitrogen and oxygen atoms in total. The first-order chi connectivity index (χ1) is 12.7. The molecule has 3 aromatic rings. The Kier molecular flexibility index (Phi) is 5.96. The summed E-state index contributed by atoms with van der Waals surface area (Å²) in [4.78, 5) is 0. The molecule has 0 radical (unpaired) electrons. The topological polar surface area (TPSA) is 40.5 Å². The second-order valence-electron chi connectivity index (χ2n) is 6.78. The molecule has 134 valence electrons. The fourth-order valence-electron chi connectivity index (χ4n) is 3.22. The Labute approximate surface area is 155 Å². The van der Waals surface area contributed by atoms with Gasteiger partial charge in [-0.25, -0.2) is 0 Å². The molecule has 3 rings (SSSR count). The maximum Gasteiger partial charge on any atom is 0.118 e. The van der Waals surface area contributed by atoms with Crippen LogP contribution in [-0.4, -0.2) is 10.2 Å². The number of aromatic hydroxyl groups is 2. The van der Waals surface area contributed by atoms with Crippen LogP contribution in [0.4, 0.5) is 0 Å². The van der Waals surface area contributed by atoms with Crippen molar-refractivity contribution in [2.75, 3.05) is 0 Å². The van der Waals surface area contributed by atoms with Crippen LogP contribution < -0.4 is 0 Å². The van der Waals surface area contributed by atoms with Crippen molar-refractivity contribution in [1.82, 2.24) is 0 Å². The van der Waals surface area contributed by atoms with Crippen molar-refractivity contribution in [3.63, 3.8) is 0 Å². The number of benzene rings is 3. The third-order valence-electron chi connectivity index (χ3n) is 4.80. The van der Waals surface area contributed by atoms with Gasteiger partial charge in [0, 0.05) is 0 Å². The maximum absolute atomic E-state index is 10.1. The van der Waals surface area contributed by atoms with Gasteiger partial charge >= 0.3 is 0 Å². The van der Waals surface area contributed by atoms with E-state index in [1.165, 1.54) is 19.3 Å². The summed E-state index contributed by atoms with van der Waals surface area (Å²) < 4.78 is 0. The largest absolute Gasteiger partial charge is 0.508 e. The number of rotatable bonds is 7. The second-order valence-corrected chi connectivity index (χ2v) is 6.78. The van der Waals surface area contributed by atoms with Gasteiger partial charge in [0.15, 0.2) is 0 Å². The van der Waals surface area contributed by atoms with E-state index >= 15 is 0 Å². The molecule has 3 aromatic carbocycles. The first-order valence-corrected chi connectivity index (χ1v) is 9.39. The molecule has 0 aliphatic heterocycles. The summed E-state index contributed by atoms with van der Waals surface area (Å²) in [6.07, 6.45) is 5.72. The van der Waals surface area contributed by atoms with Crippen molar-refractivity contribution in [2.45, 2.75) is 39.0 Å². The minimum absolute atomic E-state index is 0.279. The summed E-state index contributed by atoms with van der Waals surface area (Å²) in [5, 5.41) is 19.5. The molecule has 0 saturated heterocycles. The summed E-state index contributed by atoms with van der Waals surface area (Å²) in [5.74, 6) is 0.673. The van der Waals surface area contributed by atoms with Crippen LogP contribution in [0.2, 0.25) is 0 Å². The van der Waals surface area contributed by atoms with Crippen molar-refractivity contribution < 1.29 is 10.2 Å². The van der Waals surface area contributed by atoms with Gasteiger partial charge in [-0.15, -0.1) is 0 Å². The summed E-state index contributed by atoms with van der Waals surface area (Å²) in [5.41, 5.74) is 5.50. The Balaban J connectivity index is 1.77. The quantitative estimate of drug-likeness (QED) is 0.476. The van der Waals surface area contributed by atoms with Gasteiger partial charge in [-0.2, -0.15) is 0 Å². The molecule has 0 aromatic heterocycles. The second kappa shape index (κ2) is 8.57. The van der Waals surface area contributed by atoms with E-state index in [0.717, 1.165) is 40.7 Å². The SMILES string of the molecule is CCCCCCc1cc(-c2ccc(-c3ccc(O)cc3)cc2)ccc1O. The van der Waals surface area contributed by atoms with Crippen LogP contribution in [0.3, 0.4) is 0 Å². The van der Waals surface area contributed by atoms with Crippen molar-refractivity contribution in [1.29, 1.82) is 0 Å². The number of aryl methyl sites for hydroxylation is 1. The van der Waals surface area contributed by atoms with Crippen LogP contribution >= 0.6 is 0 Å². The lowest BCUT2D eigenvalue weighted by atomic mass is 9.97. The average Bonchev–Trinajstić information content (AvgIpc) is 2.67. The van der Waals surface area contributed by atoms with E-state index in [0.29, 0.717) is 5.75 Å². The van der Waals surface area contributed by atoms with E-state index in [1.54, 1.807) is 18.2 Å². The summed E-state index contributed by atoms with van der Waals surface area (Å²) in [7, 11) is 0. The minimum Gasteiger partial charge on any atom is -0.508 e. The Hall–Kier alpha value is -2.74. The average molecular weight is 346 g/mol. The molecule has 2 N–H and O–H groups in total. The number of hydrogen-bond donors (Lipinski definition) is 2. The molecule has 0 aliphatic rings. The number of unbranched alkanes of at least 4 members (excludes halogenated alkanes) is 3. The first kappa shape index (κ1) is 18.1. The third kappa shape index (κ3) is 4.45. The van der Waals surface area contributed by atoms with Crippen LogP contribution in [0.1, 0.15) is 38.2 Å². The molecule has 0 fully saturated rings. The zero-order chi connectivity index (χ0) is 18.4. The zero-order valence-corrected chi connectivity index (χ0v) is 15.3. The Morgan fingerprint density at radius 1 is 0.615 bits per heavy atom. The summed E-state index contributed by atoms with van der Waals surface area (Å²) >= 11 is 0. The van der Waals surface area contributed by atoms with Crippen molar-refractivity contribution in [3.8, 4) is 33.8 Å². The van der Waals surface area contributed by atoms with Gasteiger partial charge in [-0.05, 0) is 64.9 Å². The smallest absolute Gasteiger partial charge is 0.118 e. The van der Waals surface area contributed by atoms with E-state index in [2.05, 4.69) is 37.3 Å². The van der Waals surface area contributed by atoms with Crippen LogP contribution in [-0.2, 0) is 6.42 Å². The van der Waals surface area contributed by atoms with E-state index in [1.807, 2.05) is 18.2 Å². The predicted molar refractivity (Wildman–Crippen MR) is 108 cm³/mol. The van der Waals surface area contributed by atoms with Crippen LogP contribution in [0, 0.1) is 0 Å². The predicted octanol–water partition coefficient (Wildman–Crippen LogP) is 6.55. The van der Waals surface area contributed by atoms with Crippen molar-refractivity contribution >= 4 is 0 Å². The lowest BCUT2D eigenvalue weighted by Gasteiger charge is -2.09. The van der Waals surface area contributed by atoms with Crippen LogP contribution in [0.5, 0.6) is 11.5 Å². The molecule has 0 atom stereocenters. The molecule has 0 heterocycles. The molecular formula is C24H26O2. The molecule has 0 saturated carbocycles. The Bertz CT molecular complexity index is 833. The Morgan fingerprint density at radius 2 is 1.15 bits per heavy atom. The minimum atomic E-state index is 0.279. The third-order valence-corrected chi connectivity index (χ3v) is 4.80. The summed E-state index contributed by atoms with van der Waals surface area (Å²) in [6.45, 7) is 2.21. The van der Waals surface area contributed by atoms with Crippen LogP contribution in [0.25, 0.3) is 22.3 Å². The van der Waals surface area contributed by atoms with Gasteiger partial charge in [0.05, 0.1) is 0 Å². The summed E-state index contributed by atoms with van der Waals surface area (Å²) in [6, 6.07) is 21.5. The highest BCUT2D eigenvalue weighted by Crippen LogP contribution is 2.29. The molecule has 0 aliphatic carbocycles. The Morgan fingerprint density at radius 3 is 1.77 bits per heavy atom. The number of phenolic OH excluding ortho intramolecular Hbond substituents is 2. The highest BCUT2D eigenvalue weighted by Gasteiger charge is 2.06.